The van der Waals surface area contributed by atoms with Crippen molar-refractivity contribution in [2.24, 2.45) is 0 Å². The molecule has 0 aliphatic heterocycles. The molecule has 5 nitrogen and oxygen atoms in total. The quantitative estimate of drug-likeness (QED) is 0.766. The monoisotopic (exact) mass is 320 g/mol. The largest absolute Gasteiger partial charge is 0.478 e. The maximum atomic E-state index is 12.7. The minimum atomic E-state index is -1.04. The number of aromatic carboxylic acids is 1. The number of H-pyrrole nitrogens is 1. The number of hydrogen-bond donors (Lipinski definition) is 2. The summed E-state index contributed by atoms with van der Waals surface area (Å²) in [4.78, 5) is 23.7. The maximum Gasteiger partial charge on any atom is 0.335 e. The number of carbonyl (C=O) groups is 1. The van der Waals surface area contributed by atoms with Crippen molar-refractivity contribution in [3.8, 4) is 5.69 Å². The van der Waals surface area contributed by atoms with Gasteiger partial charge in [-0.1, -0.05) is 42.5 Å². The molecule has 0 radical (unpaired) electrons. The second-order valence-corrected chi connectivity index (χ2v) is 5.56. The number of benzene rings is 2. The average Bonchev–Trinajstić information content (AvgIpc) is 2.85. The van der Waals surface area contributed by atoms with Crippen LogP contribution in [0.5, 0.6) is 0 Å². The van der Waals surface area contributed by atoms with Crippen LogP contribution in [-0.2, 0) is 0 Å². The molecule has 1 aromatic heterocycles. The Balaban J connectivity index is 2.15. The summed E-state index contributed by atoms with van der Waals surface area (Å²) < 4.78 is 1.30. The van der Waals surface area contributed by atoms with Crippen LogP contribution in [0.2, 0.25) is 0 Å². The van der Waals surface area contributed by atoms with Crippen molar-refractivity contribution in [2.45, 2.75) is 6.92 Å². The summed E-state index contributed by atoms with van der Waals surface area (Å²) in [6, 6.07) is 14.0. The summed E-state index contributed by atoms with van der Waals surface area (Å²) in [5, 5.41) is 12.9. The Kier molecular flexibility index (Phi) is 3.92. The minimum Gasteiger partial charge on any atom is -0.478 e. The fourth-order valence-corrected chi connectivity index (χ4v) is 2.43. The van der Waals surface area contributed by atoms with Crippen LogP contribution < -0.4 is 16.1 Å². The highest BCUT2D eigenvalue weighted by atomic mass is 16.4. The molecule has 0 fully saturated rings. The van der Waals surface area contributed by atoms with Crippen molar-refractivity contribution in [2.75, 3.05) is 0 Å². The Morgan fingerprint density at radius 1 is 1.21 bits per heavy atom. The lowest BCUT2D eigenvalue weighted by atomic mass is 10.1. The zero-order chi connectivity index (χ0) is 17.3. The third-order valence-electron chi connectivity index (χ3n) is 3.75. The lowest BCUT2D eigenvalue weighted by Gasteiger charge is -2.02. The molecular weight excluding hydrogens is 304 g/mol. The van der Waals surface area contributed by atoms with Crippen LogP contribution in [0.1, 0.15) is 21.5 Å². The zero-order valence-electron chi connectivity index (χ0n) is 13.1. The third kappa shape index (κ3) is 2.92. The van der Waals surface area contributed by atoms with E-state index in [0.717, 1.165) is 11.1 Å². The molecular formula is C19H16N2O3. The first-order chi connectivity index (χ1) is 11.5. The molecule has 5 heteroatoms. The molecule has 2 aromatic carbocycles. The van der Waals surface area contributed by atoms with Crippen molar-refractivity contribution in [1.82, 2.24) is 9.78 Å². The summed E-state index contributed by atoms with van der Waals surface area (Å²) in [6.45, 7) is 5.87. The molecule has 1 heterocycles. The van der Waals surface area contributed by atoms with Gasteiger partial charge in [0.1, 0.15) is 0 Å². The number of nitrogens with zero attached hydrogens (tertiary/aromatic N) is 1. The Morgan fingerprint density at radius 2 is 1.92 bits per heavy atom. The van der Waals surface area contributed by atoms with Crippen LogP contribution in [0.4, 0.5) is 0 Å². The van der Waals surface area contributed by atoms with E-state index in [2.05, 4.69) is 11.7 Å². The van der Waals surface area contributed by atoms with Gasteiger partial charge in [0.15, 0.2) is 0 Å². The van der Waals surface area contributed by atoms with Gasteiger partial charge in [-0.3, -0.25) is 9.89 Å². The third-order valence-corrected chi connectivity index (χ3v) is 3.75. The fourth-order valence-electron chi connectivity index (χ4n) is 2.43. The fraction of sp³-hybridized carbons (Fsp3) is 0.0526. The predicted molar refractivity (Wildman–Crippen MR) is 92.9 cm³/mol. The molecule has 0 amide bonds. The van der Waals surface area contributed by atoms with Crippen molar-refractivity contribution < 1.29 is 9.90 Å². The highest BCUT2D eigenvalue weighted by molar-refractivity contribution is 5.88. The van der Waals surface area contributed by atoms with Gasteiger partial charge in [-0.25, -0.2) is 9.48 Å². The van der Waals surface area contributed by atoms with Crippen LogP contribution in [0.15, 0.2) is 53.3 Å². The van der Waals surface area contributed by atoms with E-state index in [1.807, 2.05) is 31.2 Å². The molecule has 0 unspecified atom stereocenters. The van der Waals surface area contributed by atoms with E-state index >= 15 is 0 Å². The number of aromatic nitrogens is 2. The van der Waals surface area contributed by atoms with Gasteiger partial charge in [0.25, 0.3) is 5.56 Å². The van der Waals surface area contributed by atoms with Crippen molar-refractivity contribution in [3.05, 3.63) is 86.1 Å². The highest BCUT2D eigenvalue weighted by Gasteiger charge is 2.08. The molecule has 120 valence electrons. The molecule has 0 saturated heterocycles. The summed E-state index contributed by atoms with van der Waals surface area (Å²) in [5.74, 6) is -1.04. The first kappa shape index (κ1) is 15.6. The highest BCUT2D eigenvalue weighted by Crippen LogP contribution is 2.07. The zero-order valence-corrected chi connectivity index (χ0v) is 13.1. The van der Waals surface area contributed by atoms with Crippen molar-refractivity contribution >= 4 is 18.6 Å². The molecule has 3 rings (SSSR count). The van der Waals surface area contributed by atoms with E-state index in [1.54, 1.807) is 18.2 Å². The van der Waals surface area contributed by atoms with Crippen molar-refractivity contribution in [1.29, 1.82) is 0 Å². The summed E-state index contributed by atoms with van der Waals surface area (Å²) in [6.07, 6.45) is 1.76. The second kappa shape index (κ2) is 6.04. The first-order valence-electron chi connectivity index (χ1n) is 7.38. The van der Waals surface area contributed by atoms with Gasteiger partial charge < -0.3 is 5.11 Å². The van der Waals surface area contributed by atoms with Gasteiger partial charge in [-0.15, -0.1) is 0 Å². The topological polar surface area (TPSA) is 75.1 Å². The Labute approximate surface area is 137 Å². The molecule has 0 bridgehead atoms. The van der Waals surface area contributed by atoms with E-state index in [-0.39, 0.29) is 11.1 Å². The number of nitrogens with one attached hydrogen (secondary N) is 1. The van der Waals surface area contributed by atoms with E-state index in [0.29, 0.717) is 16.3 Å². The Bertz CT molecular complexity index is 1070. The van der Waals surface area contributed by atoms with Crippen LogP contribution in [0.25, 0.3) is 18.3 Å². The number of carboxylic acid groups (broad SMARTS) is 1. The summed E-state index contributed by atoms with van der Waals surface area (Å²) in [7, 11) is 0. The molecule has 2 N–H and O–H groups in total. The lowest BCUT2D eigenvalue weighted by Crippen LogP contribution is -2.34. The molecule has 0 atom stereocenters. The summed E-state index contributed by atoms with van der Waals surface area (Å²) in [5.41, 5.74) is 2.33. The maximum absolute atomic E-state index is 12.7. The first-order valence-corrected chi connectivity index (χ1v) is 7.38. The molecule has 24 heavy (non-hydrogen) atoms. The van der Waals surface area contributed by atoms with E-state index in [4.69, 9.17) is 5.11 Å². The molecule has 3 aromatic rings. The van der Waals surface area contributed by atoms with Gasteiger partial charge >= 0.3 is 5.97 Å². The van der Waals surface area contributed by atoms with E-state index in [9.17, 15) is 9.59 Å². The second-order valence-electron chi connectivity index (χ2n) is 5.56. The van der Waals surface area contributed by atoms with Crippen LogP contribution in [0.3, 0.4) is 0 Å². The number of hydrogen-bond acceptors (Lipinski definition) is 2. The molecule has 0 spiro atoms. The molecule has 0 aliphatic rings. The lowest BCUT2D eigenvalue weighted by molar-refractivity contribution is 0.0697. The smallest absolute Gasteiger partial charge is 0.335 e. The number of rotatable bonds is 3. The average molecular weight is 320 g/mol. The van der Waals surface area contributed by atoms with Gasteiger partial charge in [0, 0.05) is 0 Å². The summed E-state index contributed by atoms with van der Waals surface area (Å²) >= 11 is 0. The van der Waals surface area contributed by atoms with Gasteiger partial charge in [-0.05, 0) is 36.8 Å². The number of carboxylic acids is 1. The minimum absolute atomic E-state index is 0.115. The molecule has 0 saturated carbocycles. The normalized spacial score (nSPS) is 11.6. The Morgan fingerprint density at radius 3 is 2.58 bits per heavy atom. The SMILES string of the molecule is C=c1[nH]n(-c2cccc(C(=O)O)c2)c(=O)c1=Cc1ccc(C)cc1. The van der Waals surface area contributed by atoms with E-state index < -0.39 is 5.97 Å². The standard InChI is InChI=1S/C19H16N2O3/c1-12-6-8-14(9-7-12)10-17-13(2)20-21(18(17)22)16-5-3-4-15(11-16)19(23)24/h3-11,20H,2H2,1H3,(H,23,24). The van der Waals surface area contributed by atoms with Crippen LogP contribution in [0, 0.1) is 6.92 Å². The van der Waals surface area contributed by atoms with Gasteiger partial charge in [0.2, 0.25) is 0 Å². The predicted octanol–water partition coefficient (Wildman–Crippen LogP) is 1.41. The Hall–Kier alpha value is -3.34. The van der Waals surface area contributed by atoms with Gasteiger partial charge in [-0.2, -0.15) is 0 Å². The molecule has 0 aliphatic carbocycles. The number of aryl methyl sites for hydroxylation is 1. The van der Waals surface area contributed by atoms with E-state index in [1.165, 1.54) is 16.8 Å². The van der Waals surface area contributed by atoms with Crippen LogP contribution >= 0.6 is 0 Å². The van der Waals surface area contributed by atoms with Crippen LogP contribution in [-0.4, -0.2) is 20.9 Å². The number of aromatic amines is 1. The van der Waals surface area contributed by atoms with Crippen molar-refractivity contribution in [3.63, 3.8) is 0 Å². The van der Waals surface area contributed by atoms with Gasteiger partial charge in [0.05, 0.1) is 21.8 Å².